The first kappa shape index (κ1) is 17.0. The first-order chi connectivity index (χ1) is 12.1. The molecular formula is C21H29NO3. The quantitative estimate of drug-likeness (QED) is 0.841. The van der Waals surface area contributed by atoms with E-state index in [0.29, 0.717) is 25.0 Å². The summed E-state index contributed by atoms with van der Waals surface area (Å²) in [4.78, 5) is 15.4. The first-order valence-electron chi connectivity index (χ1n) is 9.73. The second kappa shape index (κ2) is 6.73. The van der Waals surface area contributed by atoms with Gasteiger partial charge in [-0.15, -0.1) is 0 Å². The Morgan fingerprint density at radius 1 is 1.12 bits per heavy atom. The molecule has 1 amide bonds. The molecule has 2 saturated heterocycles. The molecule has 1 saturated carbocycles. The Morgan fingerprint density at radius 2 is 1.76 bits per heavy atom. The smallest absolute Gasteiger partial charge is 0.229 e. The van der Waals surface area contributed by atoms with Gasteiger partial charge in [-0.2, -0.15) is 0 Å². The van der Waals surface area contributed by atoms with Gasteiger partial charge in [0.05, 0.1) is 18.6 Å². The lowest BCUT2D eigenvalue weighted by atomic mass is 9.64. The van der Waals surface area contributed by atoms with Gasteiger partial charge in [-0.05, 0) is 44.6 Å². The van der Waals surface area contributed by atoms with Crippen molar-refractivity contribution in [1.29, 1.82) is 0 Å². The Balaban J connectivity index is 1.39. The van der Waals surface area contributed by atoms with Gasteiger partial charge in [-0.1, -0.05) is 36.8 Å². The fourth-order valence-electron chi connectivity index (χ4n) is 4.76. The van der Waals surface area contributed by atoms with Crippen LogP contribution < -0.4 is 0 Å². The number of nitrogens with zero attached hydrogens (tertiary/aromatic N) is 1. The van der Waals surface area contributed by atoms with Gasteiger partial charge in [0, 0.05) is 19.0 Å². The third-order valence-corrected chi connectivity index (χ3v) is 6.53. The Hall–Kier alpha value is -1.39. The molecule has 0 aromatic heterocycles. The van der Waals surface area contributed by atoms with E-state index >= 15 is 0 Å². The van der Waals surface area contributed by atoms with Crippen LogP contribution in [-0.2, 0) is 20.7 Å². The first-order valence-corrected chi connectivity index (χ1v) is 9.73. The SMILES string of the molecule is CC1(C2CCN(C(=O)C3(Cc4ccccc4)CCC3)CC2)OCCO1. The minimum absolute atomic E-state index is 0.154. The molecule has 2 heterocycles. The molecule has 0 unspecified atom stereocenters. The second-order valence-electron chi connectivity index (χ2n) is 8.08. The van der Waals surface area contributed by atoms with Crippen molar-refractivity contribution in [2.24, 2.45) is 11.3 Å². The highest BCUT2D eigenvalue weighted by atomic mass is 16.7. The molecule has 3 aliphatic rings. The third kappa shape index (κ3) is 3.22. The maximum Gasteiger partial charge on any atom is 0.229 e. The number of likely N-dealkylation sites (tertiary alicyclic amines) is 1. The predicted molar refractivity (Wildman–Crippen MR) is 96.0 cm³/mol. The van der Waals surface area contributed by atoms with Crippen LogP contribution in [0.2, 0.25) is 0 Å². The minimum Gasteiger partial charge on any atom is -0.348 e. The van der Waals surface area contributed by atoms with E-state index in [1.807, 2.05) is 6.07 Å². The third-order valence-electron chi connectivity index (χ3n) is 6.53. The molecule has 1 aromatic carbocycles. The summed E-state index contributed by atoms with van der Waals surface area (Å²) in [5.41, 5.74) is 1.13. The van der Waals surface area contributed by atoms with Crippen LogP contribution in [0.3, 0.4) is 0 Å². The van der Waals surface area contributed by atoms with Crippen LogP contribution in [0.5, 0.6) is 0 Å². The lowest BCUT2D eigenvalue weighted by Crippen LogP contribution is -2.53. The molecule has 3 fully saturated rings. The fraction of sp³-hybridized carbons (Fsp3) is 0.667. The zero-order valence-corrected chi connectivity index (χ0v) is 15.2. The molecule has 0 N–H and O–H groups in total. The van der Waals surface area contributed by atoms with E-state index in [0.717, 1.165) is 45.2 Å². The monoisotopic (exact) mass is 343 g/mol. The normalized spacial score (nSPS) is 25.6. The summed E-state index contributed by atoms with van der Waals surface area (Å²) >= 11 is 0. The van der Waals surface area contributed by atoms with E-state index in [4.69, 9.17) is 9.47 Å². The van der Waals surface area contributed by atoms with E-state index in [2.05, 4.69) is 36.1 Å². The number of ether oxygens (including phenoxy) is 2. The fourth-order valence-corrected chi connectivity index (χ4v) is 4.76. The molecule has 136 valence electrons. The van der Waals surface area contributed by atoms with E-state index in [1.54, 1.807) is 0 Å². The van der Waals surface area contributed by atoms with Crippen molar-refractivity contribution >= 4 is 5.91 Å². The molecule has 0 bridgehead atoms. The van der Waals surface area contributed by atoms with Gasteiger partial charge in [-0.25, -0.2) is 0 Å². The lowest BCUT2D eigenvalue weighted by molar-refractivity contribution is -0.193. The van der Waals surface area contributed by atoms with Gasteiger partial charge in [0.1, 0.15) is 0 Å². The highest BCUT2D eigenvalue weighted by molar-refractivity contribution is 5.84. The second-order valence-corrected chi connectivity index (χ2v) is 8.08. The maximum atomic E-state index is 13.3. The number of carbonyl (C=O) groups excluding carboxylic acids is 1. The molecule has 4 heteroatoms. The molecule has 1 aliphatic carbocycles. The number of hydrogen-bond acceptors (Lipinski definition) is 3. The molecular weight excluding hydrogens is 314 g/mol. The van der Waals surface area contributed by atoms with Gasteiger partial charge >= 0.3 is 0 Å². The van der Waals surface area contributed by atoms with E-state index in [9.17, 15) is 4.79 Å². The molecule has 0 radical (unpaired) electrons. The minimum atomic E-state index is -0.437. The molecule has 1 aromatic rings. The molecule has 4 rings (SSSR count). The van der Waals surface area contributed by atoms with Crippen LogP contribution >= 0.6 is 0 Å². The Bertz CT molecular complexity index is 597. The molecule has 25 heavy (non-hydrogen) atoms. The average molecular weight is 343 g/mol. The summed E-state index contributed by atoms with van der Waals surface area (Å²) in [5, 5.41) is 0. The number of benzene rings is 1. The number of carbonyl (C=O) groups is 1. The topological polar surface area (TPSA) is 38.8 Å². The number of amides is 1. The standard InChI is InChI=1S/C21H29NO3/c1-20(24-14-15-25-20)18-8-12-22(13-9-18)19(23)21(10-5-11-21)16-17-6-3-2-4-7-17/h2-4,6-7,18H,5,8-16H2,1H3. The molecule has 4 nitrogen and oxygen atoms in total. The van der Waals surface area contributed by atoms with Crippen molar-refractivity contribution in [1.82, 2.24) is 4.90 Å². The molecule has 2 aliphatic heterocycles. The summed E-state index contributed by atoms with van der Waals surface area (Å²) in [5.74, 6) is 0.331. The van der Waals surface area contributed by atoms with E-state index < -0.39 is 5.79 Å². The van der Waals surface area contributed by atoms with Gasteiger partial charge in [0.15, 0.2) is 5.79 Å². The van der Waals surface area contributed by atoms with Crippen molar-refractivity contribution in [3.8, 4) is 0 Å². The van der Waals surface area contributed by atoms with Crippen molar-refractivity contribution in [2.45, 2.75) is 51.2 Å². The van der Waals surface area contributed by atoms with Crippen molar-refractivity contribution in [2.75, 3.05) is 26.3 Å². The summed E-state index contributed by atoms with van der Waals surface area (Å²) in [6.07, 6.45) is 6.08. The summed E-state index contributed by atoms with van der Waals surface area (Å²) < 4.78 is 11.7. The number of hydrogen-bond donors (Lipinski definition) is 0. The van der Waals surface area contributed by atoms with Gasteiger partial charge in [0.25, 0.3) is 0 Å². The summed E-state index contributed by atoms with van der Waals surface area (Å²) in [6.45, 7) is 5.11. The summed E-state index contributed by atoms with van der Waals surface area (Å²) in [6, 6.07) is 10.5. The number of rotatable bonds is 4. The zero-order chi connectivity index (χ0) is 17.3. The van der Waals surface area contributed by atoms with Gasteiger partial charge < -0.3 is 14.4 Å². The van der Waals surface area contributed by atoms with Crippen molar-refractivity contribution in [3.05, 3.63) is 35.9 Å². The van der Waals surface area contributed by atoms with Gasteiger partial charge in [-0.3, -0.25) is 4.79 Å². The predicted octanol–water partition coefficient (Wildman–Crippen LogP) is 3.40. The van der Waals surface area contributed by atoms with Crippen LogP contribution in [0.15, 0.2) is 30.3 Å². The Labute approximate surface area is 150 Å². The van der Waals surface area contributed by atoms with Crippen molar-refractivity contribution < 1.29 is 14.3 Å². The largest absolute Gasteiger partial charge is 0.348 e. The Kier molecular flexibility index (Phi) is 4.59. The lowest BCUT2D eigenvalue weighted by Gasteiger charge is -2.46. The van der Waals surface area contributed by atoms with Gasteiger partial charge in [0.2, 0.25) is 5.91 Å². The van der Waals surface area contributed by atoms with Crippen LogP contribution in [0.25, 0.3) is 0 Å². The summed E-state index contributed by atoms with van der Waals surface area (Å²) in [7, 11) is 0. The van der Waals surface area contributed by atoms with Crippen LogP contribution in [-0.4, -0.2) is 42.9 Å². The van der Waals surface area contributed by atoms with E-state index in [-0.39, 0.29) is 5.41 Å². The Morgan fingerprint density at radius 3 is 2.32 bits per heavy atom. The zero-order valence-electron chi connectivity index (χ0n) is 15.2. The molecule has 0 atom stereocenters. The van der Waals surface area contributed by atoms with Crippen LogP contribution in [0, 0.1) is 11.3 Å². The van der Waals surface area contributed by atoms with E-state index in [1.165, 1.54) is 12.0 Å². The van der Waals surface area contributed by atoms with Crippen LogP contribution in [0.1, 0.15) is 44.6 Å². The highest BCUT2D eigenvalue weighted by Gasteiger charge is 2.48. The molecule has 0 spiro atoms. The van der Waals surface area contributed by atoms with Crippen LogP contribution in [0.4, 0.5) is 0 Å². The average Bonchev–Trinajstić information content (AvgIpc) is 3.06. The van der Waals surface area contributed by atoms with Crippen molar-refractivity contribution in [3.63, 3.8) is 0 Å². The maximum absolute atomic E-state index is 13.3. The highest BCUT2D eigenvalue weighted by Crippen LogP contribution is 2.46. The number of piperidine rings is 1.